The fraction of sp³-hybridized carbons (Fsp3) is 0.778. The number of unbranched alkanes of at least 4 members (excludes halogenated alkanes) is 1. The highest BCUT2D eigenvalue weighted by atomic mass is 16.5. The van der Waals surface area contributed by atoms with Crippen LogP contribution in [0, 0.1) is 11.3 Å². The highest BCUT2D eigenvalue weighted by Gasteiger charge is 2.07. The Balaban J connectivity index is 3.50. The van der Waals surface area contributed by atoms with Gasteiger partial charge in [0.1, 0.15) is 6.04 Å². The van der Waals surface area contributed by atoms with Crippen molar-refractivity contribution < 1.29 is 9.53 Å². The van der Waals surface area contributed by atoms with E-state index < -0.39 is 6.04 Å². The number of nitriles is 1. The Morgan fingerprint density at radius 3 is 2.85 bits per heavy atom. The third-order valence-electron chi connectivity index (χ3n) is 1.46. The topological polar surface area (TPSA) is 62.1 Å². The zero-order chi connectivity index (χ0) is 10.1. The van der Waals surface area contributed by atoms with Crippen molar-refractivity contribution >= 4 is 5.91 Å². The summed E-state index contributed by atoms with van der Waals surface area (Å²) in [5, 5.41) is 11.1. The van der Waals surface area contributed by atoms with E-state index in [1.165, 1.54) is 6.92 Å². The van der Waals surface area contributed by atoms with Crippen molar-refractivity contribution in [2.45, 2.75) is 32.7 Å². The molecule has 0 aliphatic carbocycles. The number of carbonyl (C=O) groups is 1. The lowest BCUT2D eigenvalue weighted by molar-refractivity contribution is -0.119. The molecule has 1 N–H and O–H groups in total. The maximum Gasteiger partial charge on any atom is 0.217 e. The normalized spacial score (nSPS) is 11.8. The van der Waals surface area contributed by atoms with Crippen molar-refractivity contribution in [1.82, 2.24) is 5.32 Å². The van der Waals surface area contributed by atoms with Gasteiger partial charge < -0.3 is 10.1 Å². The molecule has 0 aliphatic rings. The van der Waals surface area contributed by atoms with Crippen LogP contribution in [0.5, 0.6) is 0 Å². The Labute approximate surface area is 78.9 Å². The summed E-state index contributed by atoms with van der Waals surface area (Å²) >= 11 is 0. The first-order valence-electron chi connectivity index (χ1n) is 4.45. The number of carbonyl (C=O) groups excluding carboxylic acids is 1. The monoisotopic (exact) mass is 184 g/mol. The second kappa shape index (κ2) is 7.56. The van der Waals surface area contributed by atoms with Gasteiger partial charge >= 0.3 is 0 Å². The van der Waals surface area contributed by atoms with Crippen molar-refractivity contribution in [3.63, 3.8) is 0 Å². The van der Waals surface area contributed by atoms with Gasteiger partial charge in [-0.05, 0) is 6.42 Å². The minimum atomic E-state index is -0.519. The van der Waals surface area contributed by atoms with E-state index in [1.807, 2.05) is 6.07 Å². The van der Waals surface area contributed by atoms with E-state index >= 15 is 0 Å². The maximum atomic E-state index is 10.6. The minimum Gasteiger partial charge on any atom is -0.378 e. The van der Waals surface area contributed by atoms with E-state index in [-0.39, 0.29) is 12.5 Å². The van der Waals surface area contributed by atoms with Crippen LogP contribution in [0.4, 0.5) is 0 Å². The second-order valence-electron chi connectivity index (χ2n) is 2.81. The van der Waals surface area contributed by atoms with Crippen molar-refractivity contribution in [3.8, 4) is 6.07 Å². The second-order valence-corrected chi connectivity index (χ2v) is 2.81. The summed E-state index contributed by atoms with van der Waals surface area (Å²) < 4.78 is 5.19. The molecule has 0 spiro atoms. The molecule has 0 heterocycles. The number of amides is 1. The van der Waals surface area contributed by atoms with Gasteiger partial charge in [0.15, 0.2) is 0 Å². The molecule has 1 atom stereocenters. The van der Waals surface area contributed by atoms with Gasteiger partial charge in [-0.2, -0.15) is 5.26 Å². The highest BCUT2D eigenvalue weighted by Crippen LogP contribution is 1.90. The van der Waals surface area contributed by atoms with Gasteiger partial charge in [0.05, 0.1) is 12.7 Å². The molecule has 0 aromatic heterocycles. The van der Waals surface area contributed by atoms with Crippen molar-refractivity contribution in [1.29, 1.82) is 5.26 Å². The van der Waals surface area contributed by atoms with Gasteiger partial charge in [0.2, 0.25) is 5.91 Å². The van der Waals surface area contributed by atoms with Crippen LogP contribution in [0.25, 0.3) is 0 Å². The molecule has 4 heteroatoms. The Morgan fingerprint density at radius 2 is 2.38 bits per heavy atom. The van der Waals surface area contributed by atoms with Crippen LogP contribution in [0.3, 0.4) is 0 Å². The van der Waals surface area contributed by atoms with Crippen LogP contribution in [-0.4, -0.2) is 25.2 Å². The summed E-state index contributed by atoms with van der Waals surface area (Å²) in [7, 11) is 0. The third-order valence-corrected chi connectivity index (χ3v) is 1.46. The number of rotatable bonds is 6. The molecule has 0 aliphatic heterocycles. The summed E-state index contributed by atoms with van der Waals surface area (Å²) in [5.41, 5.74) is 0. The van der Waals surface area contributed by atoms with Crippen molar-refractivity contribution in [3.05, 3.63) is 0 Å². The zero-order valence-corrected chi connectivity index (χ0v) is 8.17. The minimum absolute atomic E-state index is 0.203. The molecular formula is C9H16N2O2. The molecule has 13 heavy (non-hydrogen) atoms. The molecule has 4 nitrogen and oxygen atoms in total. The van der Waals surface area contributed by atoms with Crippen molar-refractivity contribution in [2.75, 3.05) is 13.2 Å². The quantitative estimate of drug-likeness (QED) is 0.622. The largest absolute Gasteiger partial charge is 0.378 e. The van der Waals surface area contributed by atoms with Gasteiger partial charge in [-0.15, -0.1) is 0 Å². The Hall–Kier alpha value is -1.08. The third kappa shape index (κ3) is 7.29. The molecular weight excluding hydrogens is 168 g/mol. The van der Waals surface area contributed by atoms with Gasteiger partial charge in [-0.25, -0.2) is 0 Å². The summed E-state index contributed by atoms with van der Waals surface area (Å²) in [6.07, 6.45) is 2.05. The van der Waals surface area contributed by atoms with Gasteiger partial charge in [-0.3, -0.25) is 4.79 Å². The summed E-state index contributed by atoms with van der Waals surface area (Å²) in [6.45, 7) is 4.37. The predicted octanol–water partition coefficient (Wildman–Crippen LogP) is 0.831. The Bertz CT molecular complexity index is 187. The lowest BCUT2D eigenvalue weighted by atomic mass is 10.3. The molecule has 0 saturated carbocycles. The highest BCUT2D eigenvalue weighted by molar-refractivity contribution is 5.73. The molecule has 1 unspecified atom stereocenters. The van der Waals surface area contributed by atoms with Crippen LogP contribution < -0.4 is 5.32 Å². The average molecular weight is 184 g/mol. The number of ether oxygens (including phenoxy) is 1. The molecule has 0 aromatic rings. The van der Waals surface area contributed by atoms with Crippen LogP contribution in [0.2, 0.25) is 0 Å². The molecule has 0 rings (SSSR count). The first-order valence-corrected chi connectivity index (χ1v) is 4.45. The van der Waals surface area contributed by atoms with E-state index in [9.17, 15) is 4.79 Å². The smallest absolute Gasteiger partial charge is 0.217 e. The fourth-order valence-corrected chi connectivity index (χ4v) is 0.804. The summed E-state index contributed by atoms with van der Waals surface area (Å²) in [6, 6.07) is 1.43. The van der Waals surface area contributed by atoms with E-state index in [4.69, 9.17) is 10.00 Å². The molecule has 0 aromatic carbocycles. The predicted molar refractivity (Wildman–Crippen MR) is 48.9 cm³/mol. The Kier molecular flexibility index (Phi) is 6.93. The SMILES string of the molecule is CCCCOCC(C#N)NC(C)=O. The number of hydrogen-bond donors (Lipinski definition) is 1. The first-order chi connectivity index (χ1) is 6.20. The lowest BCUT2D eigenvalue weighted by Crippen LogP contribution is -2.35. The standard InChI is InChI=1S/C9H16N2O2/c1-3-4-5-13-7-9(6-10)11-8(2)12/h9H,3-5,7H2,1-2H3,(H,11,12). The number of nitrogens with zero attached hydrogens (tertiary/aromatic N) is 1. The number of hydrogen-bond acceptors (Lipinski definition) is 3. The van der Waals surface area contributed by atoms with E-state index in [0.29, 0.717) is 6.61 Å². The summed E-state index contributed by atoms with van der Waals surface area (Å²) in [5.74, 6) is -0.203. The van der Waals surface area contributed by atoms with E-state index in [1.54, 1.807) is 0 Å². The molecule has 0 radical (unpaired) electrons. The molecule has 0 fully saturated rings. The first kappa shape index (κ1) is 11.9. The lowest BCUT2D eigenvalue weighted by Gasteiger charge is -2.09. The zero-order valence-electron chi connectivity index (χ0n) is 8.17. The fourth-order valence-electron chi connectivity index (χ4n) is 0.804. The summed E-state index contributed by atoms with van der Waals surface area (Å²) in [4.78, 5) is 10.6. The average Bonchev–Trinajstić information content (AvgIpc) is 2.09. The van der Waals surface area contributed by atoms with Crippen molar-refractivity contribution in [2.24, 2.45) is 0 Å². The van der Waals surface area contributed by atoms with Gasteiger partial charge in [-0.1, -0.05) is 13.3 Å². The van der Waals surface area contributed by atoms with Gasteiger partial charge in [0, 0.05) is 13.5 Å². The molecule has 1 amide bonds. The molecule has 74 valence electrons. The maximum absolute atomic E-state index is 10.6. The van der Waals surface area contributed by atoms with Gasteiger partial charge in [0.25, 0.3) is 0 Å². The van der Waals surface area contributed by atoms with Crippen LogP contribution in [-0.2, 0) is 9.53 Å². The van der Waals surface area contributed by atoms with Crippen LogP contribution >= 0.6 is 0 Å². The van der Waals surface area contributed by atoms with Crippen LogP contribution in [0.15, 0.2) is 0 Å². The van der Waals surface area contributed by atoms with E-state index in [0.717, 1.165) is 12.8 Å². The molecule has 0 bridgehead atoms. The molecule has 0 saturated heterocycles. The Morgan fingerprint density at radius 1 is 1.69 bits per heavy atom. The van der Waals surface area contributed by atoms with Crippen LogP contribution in [0.1, 0.15) is 26.7 Å². The number of nitrogens with one attached hydrogen (secondary N) is 1. The van der Waals surface area contributed by atoms with E-state index in [2.05, 4.69) is 12.2 Å².